The largest absolute Gasteiger partial charge is 0.497 e. The molecule has 4 rings (SSSR count). The lowest BCUT2D eigenvalue weighted by Crippen LogP contribution is -2.45. The van der Waals surface area contributed by atoms with Crippen LogP contribution in [0.2, 0.25) is 0 Å². The molecule has 1 unspecified atom stereocenters. The van der Waals surface area contributed by atoms with Gasteiger partial charge in [0.25, 0.3) is 5.56 Å². The van der Waals surface area contributed by atoms with Crippen LogP contribution in [0.3, 0.4) is 0 Å². The minimum absolute atomic E-state index is 0.200. The second-order valence-corrected chi connectivity index (χ2v) is 7.61. The summed E-state index contributed by atoms with van der Waals surface area (Å²) in [5.41, 5.74) is 1.35. The predicted molar refractivity (Wildman–Crippen MR) is 115 cm³/mol. The average Bonchev–Trinajstić information content (AvgIpc) is 3.26. The van der Waals surface area contributed by atoms with Crippen LogP contribution < -0.4 is 10.3 Å². The molecular formula is C22H25N5O5. The van der Waals surface area contributed by atoms with Crippen molar-refractivity contribution >= 4 is 17.4 Å². The monoisotopic (exact) mass is 439 g/mol. The topological polar surface area (TPSA) is 108 Å². The van der Waals surface area contributed by atoms with Crippen molar-refractivity contribution in [3.8, 4) is 17.0 Å². The minimum atomic E-state index is -0.410. The molecule has 1 aliphatic heterocycles. The molecular weight excluding hydrogens is 414 g/mol. The van der Waals surface area contributed by atoms with E-state index < -0.39 is 5.56 Å². The molecule has 168 valence electrons. The molecule has 0 radical (unpaired) electrons. The lowest BCUT2D eigenvalue weighted by atomic mass is 9.98. The summed E-state index contributed by atoms with van der Waals surface area (Å²) < 4.78 is 12.8. The van der Waals surface area contributed by atoms with Crippen molar-refractivity contribution in [1.29, 1.82) is 0 Å². The van der Waals surface area contributed by atoms with E-state index in [0.29, 0.717) is 43.7 Å². The SMILES string of the molecule is CCOC(=O)C1CCCN(C(=O)Cn2ncn3nc(-c4ccc(OC)cc4)cc3c2=O)C1. The Kier molecular flexibility index (Phi) is 6.20. The predicted octanol–water partition coefficient (Wildman–Crippen LogP) is 1.37. The highest BCUT2D eigenvalue weighted by Gasteiger charge is 2.29. The van der Waals surface area contributed by atoms with Crippen molar-refractivity contribution in [3.63, 3.8) is 0 Å². The van der Waals surface area contributed by atoms with E-state index in [4.69, 9.17) is 9.47 Å². The third kappa shape index (κ3) is 4.34. The lowest BCUT2D eigenvalue weighted by Gasteiger charge is -2.31. The number of methoxy groups -OCH3 is 1. The van der Waals surface area contributed by atoms with Crippen molar-refractivity contribution in [1.82, 2.24) is 24.3 Å². The van der Waals surface area contributed by atoms with E-state index in [2.05, 4.69) is 10.2 Å². The zero-order valence-corrected chi connectivity index (χ0v) is 18.1. The van der Waals surface area contributed by atoms with Crippen LogP contribution in [0.4, 0.5) is 0 Å². The Balaban J connectivity index is 1.52. The summed E-state index contributed by atoms with van der Waals surface area (Å²) in [7, 11) is 1.59. The van der Waals surface area contributed by atoms with Gasteiger partial charge in [-0.25, -0.2) is 9.20 Å². The Morgan fingerprint density at radius 2 is 2.00 bits per heavy atom. The molecule has 2 aromatic heterocycles. The highest BCUT2D eigenvalue weighted by atomic mass is 16.5. The van der Waals surface area contributed by atoms with Gasteiger partial charge in [0.1, 0.15) is 24.1 Å². The fraction of sp³-hybridized carbons (Fsp3) is 0.409. The Morgan fingerprint density at radius 3 is 2.72 bits per heavy atom. The van der Waals surface area contributed by atoms with Crippen LogP contribution in [0.25, 0.3) is 16.8 Å². The van der Waals surface area contributed by atoms with Crippen molar-refractivity contribution in [2.45, 2.75) is 26.3 Å². The number of rotatable bonds is 6. The minimum Gasteiger partial charge on any atom is -0.497 e. The molecule has 1 atom stereocenters. The van der Waals surface area contributed by atoms with Crippen molar-refractivity contribution in [3.05, 3.63) is 47.0 Å². The van der Waals surface area contributed by atoms with Crippen molar-refractivity contribution in [2.24, 2.45) is 5.92 Å². The number of nitrogens with zero attached hydrogens (tertiary/aromatic N) is 5. The smallest absolute Gasteiger partial charge is 0.310 e. The molecule has 1 amide bonds. The Morgan fingerprint density at radius 1 is 1.22 bits per heavy atom. The summed E-state index contributed by atoms with van der Waals surface area (Å²) in [5.74, 6) is -0.149. The zero-order valence-electron chi connectivity index (χ0n) is 18.1. The Labute approximate surface area is 184 Å². The van der Waals surface area contributed by atoms with Gasteiger partial charge in [-0.1, -0.05) is 0 Å². The van der Waals surface area contributed by atoms with Crippen LogP contribution in [-0.2, 0) is 20.9 Å². The first-order chi connectivity index (χ1) is 15.5. The molecule has 1 aliphatic rings. The molecule has 10 nitrogen and oxygen atoms in total. The number of benzene rings is 1. The van der Waals surface area contributed by atoms with E-state index >= 15 is 0 Å². The number of carbonyl (C=O) groups is 2. The molecule has 32 heavy (non-hydrogen) atoms. The van der Waals surface area contributed by atoms with Crippen LogP contribution >= 0.6 is 0 Å². The summed E-state index contributed by atoms with van der Waals surface area (Å²) in [5, 5.41) is 8.51. The van der Waals surface area contributed by atoms with Crippen molar-refractivity contribution in [2.75, 3.05) is 26.8 Å². The molecule has 3 heterocycles. The second-order valence-electron chi connectivity index (χ2n) is 7.61. The number of amides is 1. The number of likely N-dealkylation sites (tertiary alicyclic amines) is 1. The molecule has 0 aliphatic carbocycles. The quantitative estimate of drug-likeness (QED) is 0.534. The van der Waals surface area contributed by atoms with Gasteiger partial charge in [0.15, 0.2) is 0 Å². The highest BCUT2D eigenvalue weighted by Crippen LogP contribution is 2.22. The maximum Gasteiger partial charge on any atom is 0.310 e. The maximum atomic E-state index is 12.9. The van der Waals surface area contributed by atoms with E-state index in [1.54, 1.807) is 25.0 Å². The third-order valence-electron chi connectivity index (χ3n) is 5.55. The molecule has 1 fully saturated rings. The Bertz CT molecular complexity index is 1180. The van der Waals surface area contributed by atoms with Gasteiger partial charge in [-0.3, -0.25) is 14.4 Å². The van der Waals surface area contributed by atoms with E-state index in [9.17, 15) is 14.4 Å². The van der Waals surface area contributed by atoms with E-state index in [1.165, 1.54) is 10.8 Å². The molecule has 0 bridgehead atoms. The number of hydrogen-bond acceptors (Lipinski definition) is 7. The van der Waals surface area contributed by atoms with Crippen LogP contribution in [0, 0.1) is 5.92 Å². The van der Waals surface area contributed by atoms with Gasteiger partial charge in [-0.2, -0.15) is 10.2 Å². The maximum absolute atomic E-state index is 12.9. The van der Waals surface area contributed by atoms with E-state index in [0.717, 1.165) is 16.0 Å². The first-order valence-electron chi connectivity index (χ1n) is 10.5. The van der Waals surface area contributed by atoms with Gasteiger partial charge < -0.3 is 14.4 Å². The number of piperidine rings is 1. The van der Waals surface area contributed by atoms with Crippen LogP contribution in [0.1, 0.15) is 19.8 Å². The fourth-order valence-corrected chi connectivity index (χ4v) is 3.84. The second kappa shape index (κ2) is 9.21. The molecule has 0 saturated carbocycles. The summed E-state index contributed by atoms with van der Waals surface area (Å²) in [4.78, 5) is 39.4. The summed E-state index contributed by atoms with van der Waals surface area (Å²) in [6.07, 6.45) is 2.82. The lowest BCUT2D eigenvalue weighted by molar-refractivity contribution is -0.151. The van der Waals surface area contributed by atoms with E-state index in [-0.39, 0.29) is 24.3 Å². The summed E-state index contributed by atoms with van der Waals surface area (Å²) in [6, 6.07) is 9.01. The van der Waals surface area contributed by atoms with Gasteiger partial charge in [0, 0.05) is 18.7 Å². The molecule has 10 heteroatoms. The molecule has 1 aromatic carbocycles. The number of aromatic nitrogens is 4. The molecule has 1 saturated heterocycles. The first-order valence-corrected chi connectivity index (χ1v) is 10.5. The van der Waals surface area contributed by atoms with Crippen molar-refractivity contribution < 1.29 is 19.1 Å². The zero-order chi connectivity index (χ0) is 22.7. The number of carbonyl (C=O) groups excluding carboxylic acids is 2. The number of esters is 1. The average molecular weight is 439 g/mol. The molecule has 0 N–H and O–H groups in total. The standard InChI is InChI=1S/C22H25N5O5/c1-3-32-22(30)16-5-4-10-25(12-16)20(28)13-26-21(29)19-11-18(24-27(19)14-23-26)15-6-8-17(31-2)9-7-15/h6-9,11,14,16H,3-5,10,12-13H2,1-2H3. The number of hydrogen-bond donors (Lipinski definition) is 0. The number of fused-ring (bicyclic) bond motifs is 1. The van der Waals surface area contributed by atoms with Gasteiger partial charge in [-0.05, 0) is 50.1 Å². The summed E-state index contributed by atoms with van der Waals surface area (Å²) in [6.45, 7) is 2.71. The molecule has 3 aromatic rings. The van der Waals surface area contributed by atoms with Crippen LogP contribution in [-0.4, -0.2) is 63.0 Å². The van der Waals surface area contributed by atoms with Gasteiger partial charge in [0.05, 0.1) is 25.3 Å². The van der Waals surface area contributed by atoms with Crippen LogP contribution in [0.5, 0.6) is 5.75 Å². The fourth-order valence-electron chi connectivity index (χ4n) is 3.84. The van der Waals surface area contributed by atoms with Crippen LogP contribution in [0.15, 0.2) is 41.5 Å². The van der Waals surface area contributed by atoms with Gasteiger partial charge in [0.2, 0.25) is 5.91 Å². The Hall–Kier alpha value is -3.69. The first kappa shape index (κ1) is 21.5. The highest BCUT2D eigenvalue weighted by molar-refractivity contribution is 5.78. The third-order valence-corrected chi connectivity index (χ3v) is 5.55. The summed E-state index contributed by atoms with van der Waals surface area (Å²) >= 11 is 0. The molecule has 0 spiro atoms. The van der Waals surface area contributed by atoms with Gasteiger partial charge in [-0.15, -0.1) is 0 Å². The van der Waals surface area contributed by atoms with E-state index in [1.807, 2.05) is 24.3 Å². The normalized spacial score (nSPS) is 16.2. The van der Waals surface area contributed by atoms with Gasteiger partial charge >= 0.3 is 5.97 Å². The number of ether oxygens (including phenoxy) is 2.